The van der Waals surface area contributed by atoms with Crippen molar-refractivity contribution in [1.29, 1.82) is 0 Å². The van der Waals surface area contributed by atoms with E-state index in [0.717, 1.165) is 12.8 Å². The van der Waals surface area contributed by atoms with Crippen LogP contribution in [0.5, 0.6) is 0 Å². The monoisotopic (exact) mass is 664 g/mol. The molecule has 7 N–H and O–H groups in total. The lowest BCUT2D eigenvalue weighted by molar-refractivity contribution is -0.300. The topological polar surface area (TPSA) is 203 Å². The molecular formula is C32H56O12S. The van der Waals surface area contributed by atoms with Gasteiger partial charge in [0.2, 0.25) is 0 Å². The first-order valence-corrected chi connectivity index (χ1v) is 18.2. The zero-order valence-corrected chi connectivity index (χ0v) is 28.1. The molecule has 3 unspecified atom stereocenters. The van der Waals surface area contributed by atoms with Gasteiger partial charge in [-0.2, -0.15) is 8.42 Å². The van der Waals surface area contributed by atoms with Crippen molar-refractivity contribution in [2.24, 2.45) is 46.3 Å². The molecule has 12 nitrogen and oxygen atoms in total. The van der Waals surface area contributed by atoms with Gasteiger partial charge in [0, 0.05) is 12.3 Å². The summed E-state index contributed by atoms with van der Waals surface area (Å²) >= 11 is 0. The molecule has 13 heteroatoms. The Morgan fingerprint density at radius 2 is 1.56 bits per heavy atom. The maximum Gasteiger partial charge on any atom is 0.397 e. The second-order valence-corrected chi connectivity index (χ2v) is 17.1. The third-order valence-electron chi connectivity index (χ3n) is 13.1. The van der Waals surface area contributed by atoms with Gasteiger partial charge in [-0.15, -0.1) is 0 Å². The van der Waals surface area contributed by atoms with Crippen molar-refractivity contribution < 1.29 is 57.3 Å². The SMILES string of the molecule is CC(C)[C@H](CC[C@@H](C)[C@H]1C[C@H](O)C2[C@]3(O)C[C@@H](O)C4C[C@@H](O[C@@H]5OC[C@@H](O)[C@H](O)[C@H]5O)CC[C@]4(C)C3CC[C@@]21C)OS(=O)(=O)O. The van der Waals surface area contributed by atoms with E-state index in [0.29, 0.717) is 38.5 Å². The van der Waals surface area contributed by atoms with Crippen LogP contribution in [0.3, 0.4) is 0 Å². The molecule has 1 heterocycles. The van der Waals surface area contributed by atoms with Crippen LogP contribution in [-0.4, -0.2) is 105 Å². The minimum absolute atomic E-state index is 0.0728. The lowest BCUT2D eigenvalue weighted by Gasteiger charge is -2.66. The van der Waals surface area contributed by atoms with Gasteiger partial charge >= 0.3 is 10.4 Å². The highest BCUT2D eigenvalue weighted by Gasteiger charge is 2.70. The van der Waals surface area contributed by atoms with Gasteiger partial charge in [0.25, 0.3) is 0 Å². The lowest BCUT2D eigenvalue weighted by Crippen LogP contribution is -2.68. The van der Waals surface area contributed by atoms with Crippen LogP contribution in [0.1, 0.15) is 92.4 Å². The van der Waals surface area contributed by atoms with E-state index in [2.05, 4.69) is 20.8 Å². The quantitative estimate of drug-likeness (QED) is 0.139. The van der Waals surface area contributed by atoms with Crippen LogP contribution in [0.25, 0.3) is 0 Å². The summed E-state index contributed by atoms with van der Waals surface area (Å²) in [4.78, 5) is 0. The molecule has 16 atom stereocenters. The van der Waals surface area contributed by atoms with E-state index in [1.165, 1.54) is 0 Å². The number of rotatable bonds is 9. The summed E-state index contributed by atoms with van der Waals surface area (Å²) in [6.45, 7) is 9.95. The number of hydrogen-bond acceptors (Lipinski definition) is 11. The smallest absolute Gasteiger partial charge is 0.393 e. The zero-order valence-electron chi connectivity index (χ0n) is 27.2. The van der Waals surface area contributed by atoms with E-state index in [9.17, 15) is 43.6 Å². The minimum Gasteiger partial charge on any atom is -0.393 e. The molecule has 1 aliphatic heterocycles. The second-order valence-electron chi connectivity index (χ2n) is 16.0. The van der Waals surface area contributed by atoms with Gasteiger partial charge in [-0.25, -0.2) is 4.18 Å². The highest BCUT2D eigenvalue weighted by Crippen LogP contribution is 2.70. The van der Waals surface area contributed by atoms with Crippen molar-refractivity contribution in [2.45, 2.75) is 147 Å². The van der Waals surface area contributed by atoms with E-state index in [1.807, 2.05) is 13.8 Å². The first-order chi connectivity index (χ1) is 20.8. The Hall–Kier alpha value is -0.450. The van der Waals surface area contributed by atoms with Crippen molar-refractivity contribution in [2.75, 3.05) is 6.61 Å². The summed E-state index contributed by atoms with van der Waals surface area (Å²) in [5, 5.41) is 66.1. The number of aliphatic hydroxyl groups excluding tert-OH is 5. The van der Waals surface area contributed by atoms with Gasteiger partial charge in [-0.05, 0) is 91.8 Å². The van der Waals surface area contributed by atoms with Crippen LogP contribution in [0.15, 0.2) is 0 Å². The van der Waals surface area contributed by atoms with Crippen molar-refractivity contribution in [1.82, 2.24) is 0 Å². The Balaban J connectivity index is 1.29. The van der Waals surface area contributed by atoms with E-state index in [4.69, 9.17) is 13.7 Å². The second kappa shape index (κ2) is 12.8. The minimum atomic E-state index is -4.58. The summed E-state index contributed by atoms with van der Waals surface area (Å²) < 4.78 is 48.6. The zero-order chi connectivity index (χ0) is 33.3. The van der Waals surface area contributed by atoms with E-state index in [1.54, 1.807) is 0 Å². The molecule has 262 valence electrons. The molecule has 45 heavy (non-hydrogen) atoms. The first-order valence-electron chi connectivity index (χ1n) is 16.9. The molecule has 0 bridgehead atoms. The van der Waals surface area contributed by atoms with Crippen molar-refractivity contribution in [3.05, 3.63) is 0 Å². The summed E-state index contributed by atoms with van der Waals surface area (Å²) in [6, 6.07) is 0. The van der Waals surface area contributed by atoms with Crippen LogP contribution >= 0.6 is 0 Å². The molecule has 0 amide bonds. The molecule has 5 rings (SSSR count). The highest BCUT2D eigenvalue weighted by molar-refractivity contribution is 7.80. The Morgan fingerprint density at radius 3 is 2.20 bits per heavy atom. The lowest BCUT2D eigenvalue weighted by atomic mass is 9.42. The van der Waals surface area contributed by atoms with Crippen LogP contribution in [0.4, 0.5) is 0 Å². The molecule has 5 fully saturated rings. The van der Waals surface area contributed by atoms with E-state index >= 15 is 0 Å². The molecule has 0 spiro atoms. The average Bonchev–Trinajstić information content (AvgIpc) is 3.22. The average molecular weight is 665 g/mol. The van der Waals surface area contributed by atoms with Crippen LogP contribution in [0, 0.1) is 46.3 Å². The van der Waals surface area contributed by atoms with Crippen molar-refractivity contribution in [3.63, 3.8) is 0 Å². The fourth-order valence-corrected chi connectivity index (χ4v) is 11.5. The largest absolute Gasteiger partial charge is 0.397 e. The fourth-order valence-electron chi connectivity index (χ4n) is 10.9. The summed E-state index contributed by atoms with van der Waals surface area (Å²) in [7, 11) is -4.58. The molecule has 0 aromatic carbocycles. The number of ether oxygens (including phenoxy) is 2. The maximum absolute atomic E-state index is 12.6. The van der Waals surface area contributed by atoms with Crippen molar-refractivity contribution in [3.8, 4) is 0 Å². The summed E-state index contributed by atoms with van der Waals surface area (Å²) in [5.41, 5.74) is -2.06. The third-order valence-corrected chi connectivity index (χ3v) is 13.6. The molecule has 4 aliphatic carbocycles. The molecule has 5 aliphatic rings. The molecule has 0 radical (unpaired) electrons. The fraction of sp³-hybridized carbons (Fsp3) is 1.00. The normalized spacial score (nSPS) is 50.0. The highest BCUT2D eigenvalue weighted by atomic mass is 32.3. The third kappa shape index (κ3) is 6.50. The van der Waals surface area contributed by atoms with Crippen LogP contribution < -0.4 is 0 Å². The molecule has 0 aromatic rings. The Labute approximate surface area is 267 Å². The van der Waals surface area contributed by atoms with Crippen molar-refractivity contribution >= 4 is 10.4 Å². The van der Waals surface area contributed by atoms with E-state index in [-0.39, 0.29) is 54.1 Å². The van der Waals surface area contributed by atoms with Gasteiger partial charge in [-0.1, -0.05) is 34.6 Å². The van der Waals surface area contributed by atoms with E-state index < -0.39 is 70.2 Å². The Bertz CT molecular complexity index is 1150. The molecule has 1 saturated heterocycles. The van der Waals surface area contributed by atoms with Gasteiger partial charge in [0.05, 0.1) is 36.6 Å². The summed E-state index contributed by atoms with van der Waals surface area (Å²) in [5.74, 6) is -0.683. The summed E-state index contributed by atoms with van der Waals surface area (Å²) in [6.07, 6.45) is -2.50. The maximum atomic E-state index is 12.6. The predicted molar refractivity (Wildman–Crippen MR) is 162 cm³/mol. The van der Waals surface area contributed by atoms with Gasteiger partial charge in [0.1, 0.15) is 18.3 Å². The standard InChI is InChI=1S/C32H56O12S/c1-16(2)24(44-45(39,40)41)7-6-17(3)19-13-21(33)28-31(19,5)11-9-25-30(4)10-8-18(12-20(30)22(34)14-32(25,28)38)43-29-27(37)26(36)23(35)15-42-29/h16-29,33-38H,6-15H2,1-5H3,(H,39,40,41)/t17-,18+,19-,20?,21+,22-,23-,24+,25?,26+,27-,28?,29+,30+,31-,32+/m1/s1. The van der Waals surface area contributed by atoms with Gasteiger partial charge < -0.3 is 40.1 Å². The Morgan fingerprint density at radius 1 is 0.889 bits per heavy atom. The Kier molecular flexibility index (Phi) is 10.2. The number of hydrogen-bond donors (Lipinski definition) is 7. The van der Waals surface area contributed by atoms with Gasteiger partial charge in [-0.3, -0.25) is 4.55 Å². The van der Waals surface area contributed by atoms with Crippen LogP contribution in [-0.2, 0) is 24.1 Å². The first kappa shape index (κ1) is 35.8. The predicted octanol–water partition coefficient (Wildman–Crippen LogP) is 1.79. The number of aliphatic hydroxyl groups is 6. The molecular weight excluding hydrogens is 608 g/mol. The molecule has 0 aromatic heterocycles. The van der Waals surface area contributed by atoms with Crippen LogP contribution in [0.2, 0.25) is 0 Å². The number of fused-ring (bicyclic) bond motifs is 5. The van der Waals surface area contributed by atoms with Gasteiger partial charge in [0.15, 0.2) is 6.29 Å². The molecule has 4 saturated carbocycles.